The molecule has 138 valence electrons. The second-order valence-corrected chi connectivity index (χ2v) is 7.05. The fourth-order valence-corrected chi connectivity index (χ4v) is 3.55. The Labute approximate surface area is 160 Å². The highest BCUT2D eigenvalue weighted by molar-refractivity contribution is 5.72. The maximum atomic E-state index is 10.7. The first-order chi connectivity index (χ1) is 13.3. The van der Waals surface area contributed by atoms with Crippen molar-refractivity contribution in [1.82, 2.24) is 9.80 Å². The van der Waals surface area contributed by atoms with Crippen LogP contribution in [0.25, 0.3) is 11.3 Å². The largest absolute Gasteiger partial charge is 0.453 e. The molecule has 0 atom stereocenters. The van der Waals surface area contributed by atoms with E-state index in [0.29, 0.717) is 5.76 Å². The summed E-state index contributed by atoms with van der Waals surface area (Å²) in [5, 5.41) is 0. The molecule has 0 spiro atoms. The summed E-state index contributed by atoms with van der Waals surface area (Å²) in [6.45, 7) is 6.40. The Balaban J connectivity index is 1.29. The van der Waals surface area contributed by atoms with Crippen molar-refractivity contribution in [2.45, 2.75) is 13.1 Å². The van der Waals surface area contributed by atoms with Gasteiger partial charge in [0.15, 0.2) is 12.0 Å². The number of benzene rings is 2. The van der Waals surface area contributed by atoms with Gasteiger partial charge in [0.05, 0.1) is 0 Å². The molecule has 1 aliphatic heterocycles. The van der Waals surface area contributed by atoms with Crippen molar-refractivity contribution in [1.29, 1.82) is 0 Å². The molecule has 0 amide bonds. The molecular weight excluding hydrogens is 336 g/mol. The quantitative estimate of drug-likeness (QED) is 0.621. The van der Waals surface area contributed by atoms with E-state index in [9.17, 15) is 4.79 Å². The fraction of sp³-hybridized carbons (Fsp3) is 0.261. The van der Waals surface area contributed by atoms with Gasteiger partial charge >= 0.3 is 0 Å². The predicted octanol–water partition coefficient (Wildman–Crippen LogP) is 4.08. The van der Waals surface area contributed by atoms with E-state index in [-0.39, 0.29) is 0 Å². The second-order valence-electron chi connectivity index (χ2n) is 7.05. The summed E-state index contributed by atoms with van der Waals surface area (Å²) in [4.78, 5) is 15.8. The summed E-state index contributed by atoms with van der Waals surface area (Å²) < 4.78 is 5.49. The van der Waals surface area contributed by atoms with Gasteiger partial charge in [0, 0.05) is 44.8 Å². The van der Waals surface area contributed by atoms with Gasteiger partial charge in [-0.3, -0.25) is 14.6 Å². The zero-order valence-electron chi connectivity index (χ0n) is 15.4. The van der Waals surface area contributed by atoms with E-state index in [4.69, 9.17) is 4.42 Å². The van der Waals surface area contributed by atoms with Gasteiger partial charge in [-0.15, -0.1) is 0 Å². The van der Waals surface area contributed by atoms with E-state index in [1.165, 1.54) is 11.1 Å². The lowest BCUT2D eigenvalue weighted by atomic mass is 10.1. The monoisotopic (exact) mass is 360 g/mol. The van der Waals surface area contributed by atoms with Gasteiger partial charge in [0.25, 0.3) is 0 Å². The molecule has 0 saturated carbocycles. The normalized spacial score (nSPS) is 15.7. The molecule has 1 saturated heterocycles. The number of nitrogens with zero attached hydrogens (tertiary/aromatic N) is 2. The summed E-state index contributed by atoms with van der Waals surface area (Å²) >= 11 is 0. The number of carbonyl (C=O) groups is 1. The van der Waals surface area contributed by atoms with Crippen molar-refractivity contribution in [3.05, 3.63) is 83.6 Å². The molecule has 0 aliphatic carbocycles. The Morgan fingerprint density at radius 3 is 1.89 bits per heavy atom. The Kier molecular flexibility index (Phi) is 5.47. The first-order valence-electron chi connectivity index (χ1n) is 9.43. The van der Waals surface area contributed by atoms with E-state index in [0.717, 1.165) is 56.9 Å². The molecule has 4 rings (SSSR count). The topological polar surface area (TPSA) is 36.7 Å². The summed E-state index contributed by atoms with van der Waals surface area (Å²) in [6, 6.07) is 22.6. The van der Waals surface area contributed by atoms with Crippen molar-refractivity contribution in [3.63, 3.8) is 0 Å². The highest BCUT2D eigenvalue weighted by Gasteiger charge is 2.17. The van der Waals surface area contributed by atoms with Gasteiger partial charge in [-0.2, -0.15) is 0 Å². The van der Waals surface area contributed by atoms with Gasteiger partial charge in [-0.25, -0.2) is 0 Å². The maximum Gasteiger partial charge on any atom is 0.185 e. The second kappa shape index (κ2) is 8.33. The molecule has 0 radical (unpaired) electrons. The third-order valence-electron chi connectivity index (χ3n) is 5.10. The highest BCUT2D eigenvalue weighted by Crippen LogP contribution is 2.22. The first kappa shape index (κ1) is 17.7. The lowest BCUT2D eigenvalue weighted by Gasteiger charge is -2.34. The molecule has 1 aromatic heterocycles. The maximum absolute atomic E-state index is 10.7. The van der Waals surface area contributed by atoms with E-state index >= 15 is 0 Å². The Morgan fingerprint density at radius 2 is 1.33 bits per heavy atom. The molecule has 0 unspecified atom stereocenters. The van der Waals surface area contributed by atoms with Crippen molar-refractivity contribution in [3.8, 4) is 11.3 Å². The number of hydrogen-bond donors (Lipinski definition) is 0. The number of carbonyl (C=O) groups excluding carboxylic acids is 1. The van der Waals surface area contributed by atoms with Crippen LogP contribution in [-0.2, 0) is 13.1 Å². The van der Waals surface area contributed by atoms with E-state index in [1.807, 2.05) is 6.07 Å². The zero-order valence-corrected chi connectivity index (χ0v) is 15.4. The molecule has 4 heteroatoms. The molecule has 3 aromatic rings. The van der Waals surface area contributed by atoms with Crippen LogP contribution in [0, 0.1) is 0 Å². The third kappa shape index (κ3) is 4.54. The van der Waals surface area contributed by atoms with Gasteiger partial charge in [-0.1, -0.05) is 54.6 Å². The standard InChI is InChI=1S/C23H24N2O2/c26-18-22-10-11-23(27-22)21-8-6-20(7-9-21)17-25-14-12-24(13-15-25)16-19-4-2-1-3-5-19/h1-11,18H,12-17H2. The van der Waals surface area contributed by atoms with Crippen LogP contribution in [0.15, 0.2) is 71.1 Å². The Bertz CT molecular complexity index is 863. The zero-order chi connectivity index (χ0) is 18.5. The van der Waals surface area contributed by atoms with Crippen molar-refractivity contribution in [2.24, 2.45) is 0 Å². The lowest BCUT2D eigenvalue weighted by molar-refractivity contribution is 0.110. The van der Waals surface area contributed by atoms with Crippen molar-refractivity contribution < 1.29 is 9.21 Å². The summed E-state index contributed by atoms with van der Waals surface area (Å²) in [6.07, 6.45) is 0.731. The van der Waals surface area contributed by atoms with Crippen LogP contribution in [0.5, 0.6) is 0 Å². The average molecular weight is 360 g/mol. The minimum Gasteiger partial charge on any atom is -0.453 e. The van der Waals surface area contributed by atoms with Crippen LogP contribution in [-0.4, -0.2) is 42.3 Å². The molecule has 27 heavy (non-hydrogen) atoms. The predicted molar refractivity (Wildman–Crippen MR) is 107 cm³/mol. The van der Waals surface area contributed by atoms with Crippen LogP contribution in [0.2, 0.25) is 0 Å². The molecule has 4 nitrogen and oxygen atoms in total. The number of hydrogen-bond acceptors (Lipinski definition) is 4. The van der Waals surface area contributed by atoms with Crippen LogP contribution in [0.4, 0.5) is 0 Å². The Morgan fingerprint density at radius 1 is 0.741 bits per heavy atom. The highest BCUT2D eigenvalue weighted by atomic mass is 16.3. The SMILES string of the molecule is O=Cc1ccc(-c2ccc(CN3CCN(Cc4ccccc4)CC3)cc2)o1. The van der Waals surface area contributed by atoms with Gasteiger partial charge in [-0.05, 0) is 23.3 Å². The molecule has 2 heterocycles. The number of piperazine rings is 1. The number of aldehydes is 1. The smallest absolute Gasteiger partial charge is 0.185 e. The molecule has 1 aliphatic rings. The molecule has 0 bridgehead atoms. The molecule has 1 fully saturated rings. The van der Waals surface area contributed by atoms with Gasteiger partial charge in [0.2, 0.25) is 0 Å². The number of furan rings is 1. The minimum absolute atomic E-state index is 0.363. The summed E-state index contributed by atoms with van der Waals surface area (Å²) in [7, 11) is 0. The first-order valence-corrected chi connectivity index (χ1v) is 9.43. The van der Waals surface area contributed by atoms with Gasteiger partial charge < -0.3 is 4.42 Å². The summed E-state index contributed by atoms with van der Waals surface area (Å²) in [5.41, 5.74) is 3.69. The van der Waals surface area contributed by atoms with Crippen molar-refractivity contribution >= 4 is 6.29 Å². The van der Waals surface area contributed by atoms with Crippen LogP contribution < -0.4 is 0 Å². The Hall–Kier alpha value is -2.69. The number of rotatable bonds is 6. The van der Waals surface area contributed by atoms with Crippen LogP contribution >= 0.6 is 0 Å². The average Bonchev–Trinajstić information content (AvgIpc) is 3.20. The molecule has 2 aromatic carbocycles. The van der Waals surface area contributed by atoms with E-state index < -0.39 is 0 Å². The fourth-order valence-electron chi connectivity index (χ4n) is 3.55. The minimum atomic E-state index is 0.363. The van der Waals surface area contributed by atoms with Crippen LogP contribution in [0.1, 0.15) is 21.7 Å². The lowest BCUT2D eigenvalue weighted by Crippen LogP contribution is -2.45. The van der Waals surface area contributed by atoms with E-state index in [1.54, 1.807) is 6.07 Å². The molecular formula is C23H24N2O2. The third-order valence-corrected chi connectivity index (χ3v) is 5.10. The molecule has 0 N–H and O–H groups in total. The van der Waals surface area contributed by atoms with Crippen molar-refractivity contribution in [2.75, 3.05) is 26.2 Å². The van der Waals surface area contributed by atoms with Gasteiger partial charge in [0.1, 0.15) is 5.76 Å². The summed E-state index contributed by atoms with van der Waals surface area (Å²) in [5.74, 6) is 1.10. The van der Waals surface area contributed by atoms with Crippen LogP contribution in [0.3, 0.4) is 0 Å². The van der Waals surface area contributed by atoms with E-state index in [2.05, 4.69) is 64.4 Å².